The largest absolute Gasteiger partial charge is 0.335 e. The third-order valence-corrected chi connectivity index (χ3v) is 9.00. The average Bonchev–Trinajstić information content (AvgIpc) is 3.03. The van der Waals surface area contributed by atoms with E-state index in [1.54, 1.807) is 16.2 Å². The van der Waals surface area contributed by atoms with Gasteiger partial charge in [0, 0.05) is 45.2 Å². The fourth-order valence-electron chi connectivity index (χ4n) is 3.88. The van der Waals surface area contributed by atoms with Crippen LogP contribution in [0.2, 0.25) is 0 Å². The van der Waals surface area contributed by atoms with Crippen molar-refractivity contribution in [1.82, 2.24) is 13.5 Å². The summed E-state index contributed by atoms with van der Waals surface area (Å²) < 4.78 is 27.1. The van der Waals surface area contributed by atoms with Crippen molar-refractivity contribution in [3.63, 3.8) is 0 Å². The van der Waals surface area contributed by atoms with E-state index in [0.717, 1.165) is 17.7 Å². The third-order valence-electron chi connectivity index (χ3n) is 5.83. The minimum absolute atomic E-state index is 0.0450. The van der Waals surface area contributed by atoms with Crippen LogP contribution in [-0.2, 0) is 23.1 Å². The maximum Gasteiger partial charge on any atom is 0.281 e. The summed E-state index contributed by atoms with van der Waals surface area (Å²) in [7, 11) is -0.334. The Hall–Kier alpha value is -0.960. The van der Waals surface area contributed by atoms with Gasteiger partial charge in [0.1, 0.15) is 0 Å². The van der Waals surface area contributed by atoms with E-state index in [2.05, 4.69) is 26.8 Å². The monoisotopic (exact) mass is 413 g/mol. The van der Waals surface area contributed by atoms with E-state index in [0.29, 0.717) is 32.1 Å². The molecular weight excluding hydrogens is 382 g/mol. The summed E-state index contributed by atoms with van der Waals surface area (Å²) in [5.41, 5.74) is 1.63. The van der Waals surface area contributed by atoms with Gasteiger partial charge in [-0.15, -0.1) is 11.3 Å². The van der Waals surface area contributed by atoms with Crippen molar-refractivity contribution in [3.8, 4) is 0 Å². The molecule has 0 spiro atoms. The zero-order valence-corrected chi connectivity index (χ0v) is 18.6. The summed E-state index contributed by atoms with van der Waals surface area (Å²) in [6.07, 6.45) is 3.30. The topological polar surface area (TPSA) is 60.9 Å². The van der Waals surface area contributed by atoms with Crippen molar-refractivity contribution in [2.75, 3.05) is 40.3 Å². The van der Waals surface area contributed by atoms with E-state index in [9.17, 15) is 13.2 Å². The van der Waals surface area contributed by atoms with Gasteiger partial charge in [-0.25, -0.2) is 0 Å². The molecule has 0 saturated carbocycles. The Morgan fingerprint density at radius 1 is 1.19 bits per heavy atom. The molecule has 1 aromatic rings. The summed E-state index contributed by atoms with van der Waals surface area (Å²) in [5, 5.41) is 0. The van der Waals surface area contributed by atoms with E-state index in [-0.39, 0.29) is 11.3 Å². The molecule has 2 aliphatic rings. The van der Waals surface area contributed by atoms with Crippen LogP contribution in [0.3, 0.4) is 0 Å². The Kier molecular flexibility index (Phi) is 5.74. The van der Waals surface area contributed by atoms with Crippen molar-refractivity contribution in [2.24, 2.45) is 11.3 Å². The Morgan fingerprint density at radius 2 is 1.81 bits per heavy atom. The Labute approximate surface area is 167 Å². The number of nitrogens with zero attached hydrogens (tertiary/aromatic N) is 3. The molecule has 1 atom stereocenters. The van der Waals surface area contributed by atoms with Crippen molar-refractivity contribution < 1.29 is 13.2 Å². The molecule has 2 heterocycles. The number of hydrogen-bond donors (Lipinski definition) is 0. The number of rotatable bonds is 3. The summed E-state index contributed by atoms with van der Waals surface area (Å²) in [5.74, 6) is 0.700. The lowest BCUT2D eigenvalue weighted by molar-refractivity contribution is 0.0700. The highest BCUT2D eigenvalue weighted by Crippen LogP contribution is 2.40. The first-order valence-corrected chi connectivity index (χ1v) is 11.8. The van der Waals surface area contributed by atoms with Gasteiger partial charge in [0.2, 0.25) is 0 Å². The summed E-state index contributed by atoms with van der Waals surface area (Å²) in [4.78, 5) is 16.9. The zero-order valence-electron chi connectivity index (χ0n) is 17.0. The number of thiophene rings is 1. The van der Waals surface area contributed by atoms with Crippen LogP contribution in [0.4, 0.5) is 0 Å². The molecule has 3 rings (SSSR count). The van der Waals surface area contributed by atoms with Gasteiger partial charge in [-0.05, 0) is 42.2 Å². The lowest BCUT2D eigenvalue weighted by atomic mass is 9.72. The number of hydrogen-bond acceptors (Lipinski definition) is 4. The number of piperazine rings is 1. The normalized spacial score (nSPS) is 22.1. The van der Waals surface area contributed by atoms with Crippen molar-refractivity contribution in [1.29, 1.82) is 0 Å². The molecule has 0 radical (unpaired) electrons. The standard InChI is InChI=1S/C19H31N3O3S2/c1-19(2,3)15-6-7-16-14(12-15)13-17(26-16)18(23)21-8-10-22(11-9-21)27(24,25)20(4)5/h13,15H,6-12H2,1-5H3/t15-/m1/s1. The molecule has 1 aromatic heterocycles. The van der Waals surface area contributed by atoms with Gasteiger partial charge in [-0.2, -0.15) is 17.0 Å². The maximum absolute atomic E-state index is 12.9. The van der Waals surface area contributed by atoms with E-state index in [1.807, 2.05) is 0 Å². The second-order valence-electron chi connectivity index (χ2n) is 8.85. The predicted octanol–water partition coefficient (Wildman–Crippen LogP) is 2.46. The molecule has 1 amide bonds. The van der Waals surface area contributed by atoms with Crippen LogP contribution in [0.5, 0.6) is 0 Å². The van der Waals surface area contributed by atoms with Gasteiger partial charge in [-0.3, -0.25) is 4.79 Å². The first-order valence-electron chi connectivity index (χ1n) is 9.58. The second-order valence-corrected chi connectivity index (χ2v) is 12.1. The molecule has 1 fully saturated rings. The molecule has 1 aliphatic heterocycles. The number of carbonyl (C=O) groups excluding carboxylic acids is 1. The van der Waals surface area contributed by atoms with Gasteiger partial charge >= 0.3 is 0 Å². The Bertz CT molecular complexity index is 801. The fourth-order valence-corrected chi connectivity index (χ4v) is 6.14. The fraction of sp³-hybridized carbons (Fsp3) is 0.737. The minimum Gasteiger partial charge on any atom is -0.335 e. The molecule has 0 N–H and O–H groups in total. The molecule has 0 unspecified atom stereocenters. The average molecular weight is 414 g/mol. The predicted molar refractivity (Wildman–Crippen MR) is 109 cm³/mol. The molecule has 1 aliphatic carbocycles. The van der Waals surface area contributed by atoms with E-state index in [1.165, 1.54) is 39.6 Å². The second kappa shape index (κ2) is 7.46. The van der Waals surface area contributed by atoms with Crippen molar-refractivity contribution in [2.45, 2.75) is 40.0 Å². The lowest BCUT2D eigenvalue weighted by Crippen LogP contribution is -2.52. The Morgan fingerprint density at radius 3 is 2.37 bits per heavy atom. The van der Waals surface area contributed by atoms with Crippen LogP contribution in [0.15, 0.2) is 6.07 Å². The minimum atomic E-state index is -3.40. The van der Waals surface area contributed by atoms with Gasteiger partial charge in [-0.1, -0.05) is 20.8 Å². The van der Waals surface area contributed by atoms with Crippen LogP contribution in [-0.4, -0.2) is 68.1 Å². The van der Waals surface area contributed by atoms with Crippen LogP contribution >= 0.6 is 11.3 Å². The molecule has 1 saturated heterocycles. The van der Waals surface area contributed by atoms with Crippen molar-refractivity contribution >= 4 is 27.5 Å². The van der Waals surface area contributed by atoms with Gasteiger partial charge in [0.25, 0.3) is 16.1 Å². The number of aryl methyl sites for hydroxylation is 1. The zero-order chi connectivity index (χ0) is 20.0. The first-order chi connectivity index (χ1) is 12.5. The van der Waals surface area contributed by atoms with Crippen LogP contribution in [0, 0.1) is 11.3 Å². The summed E-state index contributed by atoms with van der Waals surface area (Å²) >= 11 is 1.63. The number of amides is 1. The molecule has 27 heavy (non-hydrogen) atoms. The third kappa shape index (κ3) is 4.23. The van der Waals surface area contributed by atoms with Gasteiger partial charge in [0.05, 0.1) is 4.88 Å². The number of carbonyl (C=O) groups is 1. The summed E-state index contributed by atoms with van der Waals surface area (Å²) in [6.45, 7) is 8.47. The van der Waals surface area contributed by atoms with E-state index >= 15 is 0 Å². The molecule has 8 heteroatoms. The smallest absolute Gasteiger partial charge is 0.281 e. The molecule has 152 valence electrons. The Balaban J connectivity index is 1.66. The highest BCUT2D eigenvalue weighted by atomic mass is 32.2. The van der Waals surface area contributed by atoms with Gasteiger partial charge in [0.15, 0.2) is 0 Å². The van der Waals surface area contributed by atoms with Crippen LogP contribution < -0.4 is 0 Å². The molecule has 0 aromatic carbocycles. The highest BCUT2D eigenvalue weighted by Gasteiger charge is 2.33. The first kappa shape index (κ1) is 20.8. The van der Waals surface area contributed by atoms with Crippen LogP contribution in [0.1, 0.15) is 47.3 Å². The molecule has 6 nitrogen and oxygen atoms in total. The summed E-state index contributed by atoms with van der Waals surface area (Å²) in [6, 6.07) is 2.09. The van der Waals surface area contributed by atoms with E-state index < -0.39 is 10.2 Å². The molecule has 0 bridgehead atoms. The van der Waals surface area contributed by atoms with E-state index in [4.69, 9.17) is 0 Å². The molecular formula is C19H31N3O3S2. The van der Waals surface area contributed by atoms with Crippen molar-refractivity contribution in [3.05, 3.63) is 21.4 Å². The van der Waals surface area contributed by atoms with Crippen LogP contribution in [0.25, 0.3) is 0 Å². The number of fused-ring (bicyclic) bond motifs is 1. The quantitative estimate of drug-likeness (QED) is 0.765. The lowest BCUT2D eigenvalue weighted by Gasteiger charge is -2.34. The SMILES string of the molecule is CN(C)S(=O)(=O)N1CCN(C(=O)c2cc3c(s2)CC[C@@H](C(C)(C)C)C3)CC1. The highest BCUT2D eigenvalue weighted by molar-refractivity contribution is 7.86. The maximum atomic E-state index is 12.9. The van der Waals surface area contributed by atoms with Gasteiger partial charge < -0.3 is 4.90 Å².